The standard InChI is InChI=1S/C33H40O21/c1-9-19(39)29(53-32-25(45)23(43)20(40)16(7-34)51-32)27(47)31(49-9)48-8-17-21(41)24(44)26(46)33(52-17)54-30-22(42)18-14(38)5-11(35)6-15(18)50-28(30)10-2-3-12(36)13(37)4-10/h2-6,9,16-17,19-21,23-27,29,31-41,43-47H,7-8H2,1H3/t9-,16+,17+,19-,20+,21-,23-,24-,25+,26+,27+,29+,31+,32-,33-/m0/s1. The van der Waals surface area contributed by atoms with Crippen LogP contribution in [0.2, 0.25) is 0 Å². The lowest BCUT2D eigenvalue weighted by molar-refractivity contribution is -0.361. The summed E-state index contributed by atoms with van der Waals surface area (Å²) < 4.78 is 39.3. The van der Waals surface area contributed by atoms with E-state index in [1.807, 2.05) is 0 Å². The molecule has 0 aliphatic carbocycles. The fourth-order valence-corrected chi connectivity index (χ4v) is 6.32. The molecule has 21 heteroatoms. The number of ether oxygens (including phenoxy) is 6. The van der Waals surface area contributed by atoms with Gasteiger partial charge < -0.3 is 99.2 Å². The number of aromatic hydroxyl groups is 4. The molecule has 0 saturated carbocycles. The highest BCUT2D eigenvalue weighted by Crippen LogP contribution is 2.40. The Morgan fingerprint density at radius 3 is 1.98 bits per heavy atom. The Bertz CT molecular complexity index is 1850. The van der Waals surface area contributed by atoms with Gasteiger partial charge in [0.25, 0.3) is 0 Å². The zero-order valence-corrected chi connectivity index (χ0v) is 28.0. The first kappa shape index (κ1) is 39.8. The third kappa shape index (κ3) is 7.39. The normalized spacial score (nSPS) is 37.3. The number of phenolic OH excluding ortho intramolecular Hbond substituents is 4. The molecule has 13 N–H and O–H groups in total. The Morgan fingerprint density at radius 2 is 1.31 bits per heavy atom. The maximum atomic E-state index is 13.8. The Morgan fingerprint density at radius 1 is 0.667 bits per heavy atom. The number of phenols is 4. The predicted molar refractivity (Wildman–Crippen MR) is 173 cm³/mol. The van der Waals surface area contributed by atoms with Gasteiger partial charge >= 0.3 is 0 Å². The smallest absolute Gasteiger partial charge is 0.239 e. The van der Waals surface area contributed by atoms with Crippen LogP contribution < -0.4 is 10.2 Å². The molecule has 3 fully saturated rings. The molecule has 21 nitrogen and oxygen atoms in total. The molecule has 0 amide bonds. The number of hydrogen-bond acceptors (Lipinski definition) is 21. The van der Waals surface area contributed by atoms with Gasteiger partial charge in [-0.3, -0.25) is 4.79 Å². The molecule has 0 unspecified atom stereocenters. The Kier molecular flexibility index (Phi) is 11.5. The van der Waals surface area contributed by atoms with Crippen LogP contribution in [0.1, 0.15) is 6.92 Å². The van der Waals surface area contributed by atoms with E-state index >= 15 is 0 Å². The summed E-state index contributed by atoms with van der Waals surface area (Å²) in [6.45, 7) is -0.138. The molecule has 3 aliphatic heterocycles. The molecular weight excluding hydrogens is 732 g/mol. The van der Waals surface area contributed by atoms with Crippen molar-refractivity contribution in [3.8, 4) is 40.1 Å². The average Bonchev–Trinajstić information content (AvgIpc) is 3.13. The summed E-state index contributed by atoms with van der Waals surface area (Å²) in [4.78, 5) is 13.8. The number of fused-ring (bicyclic) bond motifs is 1. The van der Waals surface area contributed by atoms with Crippen molar-refractivity contribution in [2.45, 2.75) is 99.0 Å². The van der Waals surface area contributed by atoms with E-state index in [2.05, 4.69) is 0 Å². The summed E-state index contributed by atoms with van der Waals surface area (Å²) in [6, 6.07) is 5.10. The lowest BCUT2D eigenvalue weighted by Gasteiger charge is -2.46. The van der Waals surface area contributed by atoms with Crippen molar-refractivity contribution >= 4 is 11.0 Å². The van der Waals surface area contributed by atoms with E-state index < -0.39 is 151 Å². The van der Waals surface area contributed by atoms with Crippen LogP contribution in [-0.2, 0) is 23.7 Å². The maximum Gasteiger partial charge on any atom is 0.239 e. The van der Waals surface area contributed by atoms with E-state index in [1.54, 1.807) is 0 Å². The molecule has 2 aromatic carbocycles. The predicted octanol–water partition coefficient (Wildman–Crippen LogP) is -3.86. The van der Waals surface area contributed by atoms with E-state index in [0.29, 0.717) is 0 Å². The highest BCUT2D eigenvalue weighted by molar-refractivity contribution is 5.88. The second-order valence-corrected chi connectivity index (χ2v) is 13.1. The second kappa shape index (κ2) is 15.7. The van der Waals surface area contributed by atoms with Gasteiger partial charge in [-0.25, -0.2) is 0 Å². The first-order chi connectivity index (χ1) is 25.5. The minimum absolute atomic E-state index is 0.0758. The van der Waals surface area contributed by atoms with Crippen molar-refractivity contribution in [1.82, 2.24) is 0 Å². The summed E-state index contributed by atoms with van der Waals surface area (Å²) >= 11 is 0. The number of aliphatic hydroxyl groups is 9. The molecule has 298 valence electrons. The molecule has 1 aromatic heterocycles. The molecule has 6 rings (SSSR count). The average molecular weight is 773 g/mol. The van der Waals surface area contributed by atoms with Gasteiger partial charge in [0.15, 0.2) is 29.8 Å². The molecule has 3 aromatic rings. The van der Waals surface area contributed by atoms with Gasteiger partial charge in [-0.1, -0.05) is 0 Å². The molecule has 3 saturated heterocycles. The monoisotopic (exact) mass is 772 g/mol. The van der Waals surface area contributed by atoms with E-state index in [4.69, 9.17) is 32.8 Å². The van der Waals surface area contributed by atoms with E-state index in [0.717, 1.165) is 24.3 Å². The van der Waals surface area contributed by atoms with Gasteiger partial charge in [0.05, 0.1) is 19.3 Å². The first-order valence-corrected chi connectivity index (χ1v) is 16.5. The van der Waals surface area contributed by atoms with Crippen molar-refractivity contribution in [3.63, 3.8) is 0 Å². The summed E-state index contributed by atoms with van der Waals surface area (Å²) in [5, 5.41) is 134. The topological polar surface area (TPSA) is 349 Å². The third-order valence-corrected chi connectivity index (χ3v) is 9.40. The quantitative estimate of drug-likeness (QED) is 0.0925. The van der Waals surface area contributed by atoms with Crippen molar-refractivity contribution in [1.29, 1.82) is 0 Å². The van der Waals surface area contributed by atoms with Crippen LogP contribution in [0.4, 0.5) is 0 Å². The highest BCUT2D eigenvalue weighted by atomic mass is 16.7. The SMILES string of the molecule is C[C@@H]1O[C@@H](OC[C@H]2O[C@@H](Oc3c(-c4ccc(O)c(O)c4)oc4cc(O)cc(O)c4c3=O)[C@H](O)[C@@H](O)[C@H]2O)[C@H](O)[C@H](O[C@@H]2O[C@H](CO)[C@@H](O)[C@H](O)[C@H]2O)[C@H]1O. The summed E-state index contributed by atoms with van der Waals surface area (Å²) in [6.07, 6.45) is -26.0. The lowest BCUT2D eigenvalue weighted by atomic mass is 9.97. The van der Waals surface area contributed by atoms with Crippen LogP contribution in [0.15, 0.2) is 39.5 Å². The molecular formula is C33H40O21. The van der Waals surface area contributed by atoms with Crippen LogP contribution in [0.5, 0.6) is 28.7 Å². The molecule has 4 heterocycles. The van der Waals surface area contributed by atoms with Crippen LogP contribution >= 0.6 is 0 Å². The number of benzene rings is 2. The van der Waals surface area contributed by atoms with Gasteiger partial charge in [0.2, 0.25) is 17.5 Å². The second-order valence-electron chi connectivity index (χ2n) is 13.1. The number of aliphatic hydroxyl groups excluding tert-OH is 9. The fraction of sp³-hybridized carbons (Fsp3) is 0.545. The molecule has 0 spiro atoms. The zero-order valence-electron chi connectivity index (χ0n) is 28.0. The van der Waals surface area contributed by atoms with Crippen molar-refractivity contribution in [2.75, 3.05) is 13.2 Å². The van der Waals surface area contributed by atoms with Gasteiger partial charge in [0.1, 0.15) is 89.6 Å². The van der Waals surface area contributed by atoms with E-state index in [1.165, 1.54) is 13.0 Å². The minimum atomic E-state index is -2.05. The van der Waals surface area contributed by atoms with Gasteiger partial charge in [0, 0.05) is 17.7 Å². The lowest BCUT2D eigenvalue weighted by Crippen LogP contribution is -2.64. The van der Waals surface area contributed by atoms with Gasteiger partial charge in [-0.15, -0.1) is 0 Å². The van der Waals surface area contributed by atoms with Crippen molar-refractivity contribution < 1.29 is 99.2 Å². The van der Waals surface area contributed by atoms with Crippen LogP contribution in [-0.4, -0.2) is 172 Å². The van der Waals surface area contributed by atoms with E-state index in [9.17, 15) is 71.2 Å². The zero-order chi connectivity index (χ0) is 39.3. The maximum absolute atomic E-state index is 13.8. The molecule has 15 atom stereocenters. The molecule has 3 aliphatic rings. The molecule has 54 heavy (non-hydrogen) atoms. The molecule has 0 radical (unpaired) electrons. The largest absolute Gasteiger partial charge is 0.508 e. The van der Waals surface area contributed by atoms with Crippen molar-refractivity contribution in [3.05, 3.63) is 40.6 Å². The van der Waals surface area contributed by atoms with Crippen LogP contribution in [0.3, 0.4) is 0 Å². The third-order valence-electron chi connectivity index (χ3n) is 9.40. The summed E-state index contributed by atoms with van der Waals surface area (Å²) in [7, 11) is 0. The fourth-order valence-electron chi connectivity index (χ4n) is 6.32. The first-order valence-electron chi connectivity index (χ1n) is 16.5. The summed E-state index contributed by atoms with van der Waals surface area (Å²) in [5.41, 5.74) is -1.48. The minimum Gasteiger partial charge on any atom is -0.508 e. The molecule has 0 bridgehead atoms. The number of hydrogen-bond donors (Lipinski definition) is 13. The number of rotatable bonds is 9. The van der Waals surface area contributed by atoms with Crippen LogP contribution in [0.25, 0.3) is 22.3 Å². The highest BCUT2D eigenvalue weighted by Gasteiger charge is 2.51. The Hall–Kier alpha value is -3.91. The summed E-state index contributed by atoms with van der Waals surface area (Å²) in [5.74, 6) is -3.58. The van der Waals surface area contributed by atoms with Crippen LogP contribution in [0, 0.1) is 0 Å². The Balaban J connectivity index is 1.23. The van der Waals surface area contributed by atoms with Crippen molar-refractivity contribution in [2.24, 2.45) is 0 Å². The van der Waals surface area contributed by atoms with E-state index in [-0.39, 0.29) is 11.1 Å². The van der Waals surface area contributed by atoms with Gasteiger partial charge in [-0.2, -0.15) is 0 Å². The van der Waals surface area contributed by atoms with Gasteiger partial charge in [-0.05, 0) is 25.1 Å². The Labute approximate surface area is 303 Å².